The van der Waals surface area contributed by atoms with Crippen LogP contribution in [0, 0.1) is 0 Å². The largest absolute Gasteiger partial charge is 0.380 e. The van der Waals surface area contributed by atoms with Crippen LogP contribution in [-0.4, -0.2) is 45.7 Å². The normalized spacial score (nSPS) is 15.5. The summed E-state index contributed by atoms with van der Waals surface area (Å²) >= 11 is 0. The fourth-order valence-corrected chi connectivity index (χ4v) is 1.83. The summed E-state index contributed by atoms with van der Waals surface area (Å²) < 4.78 is 27.5. The smallest absolute Gasteiger partial charge is 0.154 e. The van der Waals surface area contributed by atoms with Crippen LogP contribution >= 0.6 is 0 Å². The lowest BCUT2D eigenvalue weighted by atomic mass is 10.0. The summed E-state index contributed by atoms with van der Waals surface area (Å²) in [5.41, 5.74) is 0. The van der Waals surface area contributed by atoms with Gasteiger partial charge in [-0.25, -0.2) is 8.42 Å². The number of ether oxygens (including phenoxy) is 1. The first-order chi connectivity index (χ1) is 6.27. The van der Waals surface area contributed by atoms with Gasteiger partial charge in [0.2, 0.25) is 0 Å². The topological polar surface area (TPSA) is 55.4 Å². The van der Waals surface area contributed by atoms with E-state index in [2.05, 4.69) is 5.32 Å². The van der Waals surface area contributed by atoms with E-state index >= 15 is 0 Å². The number of hydrogen-bond donors (Lipinski definition) is 1. The van der Waals surface area contributed by atoms with Gasteiger partial charge in [-0.05, 0) is 27.8 Å². The Kier molecular flexibility index (Phi) is 5.05. The van der Waals surface area contributed by atoms with Crippen molar-refractivity contribution in [2.45, 2.75) is 31.6 Å². The molecule has 0 aliphatic rings. The highest BCUT2D eigenvalue weighted by Gasteiger charge is 2.38. The molecule has 14 heavy (non-hydrogen) atoms. The SMILES string of the molecule is CCOCC(NC)C(C)(C)S(C)(=O)=O. The standard InChI is InChI=1S/C9H21NO3S/c1-6-13-7-8(10-4)9(2,3)14(5,11)12/h8,10H,6-7H2,1-5H3. The third-order valence-corrected chi connectivity index (χ3v) is 4.83. The second-order valence-corrected chi connectivity index (χ2v) is 6.47. The Hall–Kier alpha value is -0.130. The molecule has 0 spiro atoms. The summed E-state index contributed by atoms with van der Waals surface area (Å²) in [5, 5.41) is 2.98. The van der Waals surface area contributed by atoms with Crippen molar-refractivity contribution in [1.82, 2.24) is 5.32 Å². The summed E-state index contributed by atoms with van der Waals surface area (Å²) in [6, 6.07) is -0.183. The Labute approximate surface area is 86.9 Å². The first-order valence-electron chi connectivity index (χ1n) is 4.72. The Bertz CT molecular complexity index is 259. The molecule has 0 saturated heterocycles. The average molecular weight is 223 g/mol. The minimum atomic E-state index is -3.09. The molecule has 0 amide bonds. The van der Waals surface area contributed by atoms with Crippen molar-refractivity contribution in [2.24, 2.45) is 0 Å². The second-order valence-electron chi connectivity index (χ2n) is 3.88. The van der Waals surface area contributed by atoms with Crippen LogP contribution in [0.4, 0.5) is 0 Å². The third-order valence-electron chi connectivity index (χ3n) is 2.63. The van der Waals surface area contributed by atoms with Gasteiger partial charge in [-0.15, -0.1) is 0 Å². The predicted molar refractivity (Wildman–Crippen MR) is 58.3 cm³/mol. The van der Waals surface area contributed by atoms with Gasteiger partial charge in [-0.1, -0.05) is 0 Å². The fourth-order valence-electron chi connectivity index (χ4n) is 1.13. The number of sulfone groups is 1. The number of nitrogens with one attached hydrogen (secondary N) is 1. The minimum absolute atomic E-state index is 0.183. The molecule has 1 unspecified atom stereocenters. The summed E-state index contributed by atoms with van der Waals surface area (Å²) in [4.78, 5) is 0. The first-order valence-corrected chi connectivity index (χ1v) is 6.61. The highest BCUT2D eigenvalue weighted by atomic mass is 32.2. The van der Waals surface area contributed by atoms with Gasteiger partial charge in [-0.2, -0.15) is 0 Å². The van der Waals surface area contributed by atoms with Gasteiger partial charge in [-0.3, -0.25) is 0 Å². The van der Waals surface area contributed by atoms with E-state index in [1.807, 2.05) is 6.92 Å². The van der Waals surface area contributed by atoms with E-state index < -0.39 is 14.6 Å². The van der Waals surface area contributed by atoms with Crippen molar-refractivity contribution in [2.75, 3.05) is 26.5 Å². The number of likely N-dealkylation sites (N-methyl/N-ethyl adjacent to an activating group) is 1. The molecule has 0 heterocycles. The van der Waals surface area contributed by atoms with Crippen LogP contribution in [0.15, 0.2) is 0 Å². The molecule has 1 N–H and O–H groups in total. The maximum atomic E-state index is 11.5. The molecule has 86 valence electrons. The van der Waals surface area contributed by atoms with Gasteiger partial charge >= 0.3 is 0 Å². The van der Waals surface area contributed by atoms with Crippen LogP contribution < -0.4 is 5.32 Å². The molecule has 0 aromatic heterocycles. The van der Waals surface area contributed by atoms with Crippen LogP contribution in [0.2, 0.25) is 0 Å². The summed E-state index contributed by atoms with van der Waals surface area (Å²) in [7, 11) is -1.34. The molecule has 0 radical (unpaired) electrons. The molecule has 5 heteroatoms. The van der Waals surface area contributed by atoms with Crippen LogP contribution in [0.5, 0.6) is 0 Å². The van der Waals surface area contributed by atoms with E-state index in [4.69, 9.17) is 4.74 Å². The van der Waals surface area contributed by atoms with Crippen LogP contribution in [0.3, 0.4) is 0 Å². The van der Waals surface area contributed by atoms with E-state index in [0.29, 0.717) is 13.2 Å². The Morgan fingerprint density at radius 2 is 1.93 bits per heavy atom. The Balaban J connectivity index is 4.66. The Morgan fingerprint density at radius 1 is 1.43 bits per heavy atom. The van der Waals surface area contributed by atoms with Crippen molar-refractivity contribution in [3.63, 3.8) is 0 Å². The molecule has 4 nitrogen and oxygen atoms in total. The lowest BCUT2D eigenvalue weighted by Crippen LogP contribution is -2.52. The van der Waals surface area contributed by atoms with Gasteiger partial charge in [0.05, 0.1) is 11.4 Å². The first kappa shape index (κ1) is 13.9. The molecular formula is C9H21NO3S. The summed E-state index contributed by atoms with van der Waals surface area (Å²) in [5.74, 6) is 0. The maximum absolute atomic E-state index is 11.5. The molecule has 0 bridgehead atoms. The molecular weight excluding hydrogens is 202 g/mol. The number of rotatable bonds is 6. The monoisotopic (exact) mass is 223 g/mol. The fraction of sp³-hybridized carbons (Fsp3) is 1.00. The molecule has 0 aromatic carbocycles. The van der Waals surface area contributed by atoms with Gasteiger partial charge in [0.25, 0.3) is 0 Å². The summed E-state index contributed by atoms with van der Waals surface area (Å²) in [6.07, 6.45) is 1.25. The van der Waals surface area contributed by atoms with Crippen LogP contribution in [0.25, 0.3) is 0 Å². The van der Waals surface area contributed by atoms with E-state index in [-0.39, 0.29) is 6.04 Å². The van der Waals surface area contributed by atoms with Crippen molar-refractivity contribution in [3.8, 4) is 0 Å². The lowest BCUT2D eigenvalue weighted by molar-refractivity contribution is 0.115. The molecule has 0 fully saturated rings. The molecule has 0 rings (SSSR count). The predicted octanol–water partition coefficient (Wildman–Crippen LogP) is 0.434. The van der Waals surface area contributed by atoms with Gasteiger partial charge in [0, 0.05) is 18.9 Å². The molecule has 0 aliphatic carbocycles. The van der Waals surface area contributed by atoms with Crippen molar-refractivity contribution < 1.29 is 13.2 Å². The van der Waals surface area contributed by atoms with Gasteiger partial charge in [0.1, 0.15) is 0 Å². The maximum Gasteiger partial charge on any atom is 0.154 e. The van der Waals surface area contributed by atoms with Crippen molar-refractivity contribution >= 4 is 9.84 Å². The van der Waals surface area contributed by atoms with E-state index in [1.165, 1.54) is 6.26 Å². The van der Waals surface area contributed by atoms with E-state index in [1.54, 1.807) is 20.9 Å². The van der Waals surface area contributed by atoms with Crippen molar-refractivity contribution in [3.05, 3.63) is 0 Å². The van der Waals surface area contributed by atoms with Gasteiger partial charge in [0.15, 0.2) is 9.84 Å². The Morgan fingerprint density at radius 3 is 2.21 bits per heavy atom. The minimum Gasteiger partial charge on any atom is -0.380 e. The second kappa shape index (κ2) is 5.09. The third kappa shape index (κ3) is 3.22. The van der Waals surface area contributed by atoms with Gasteiger partial charge < -0.3 is 10.1 Å². The zero-order valence-corrected chi connectivity index (χ0v) is 10.4. The van der Waals surface area contributed by atoms with E-state index in [9.17, 15) is 8.42 Å². The van der Waals surface area contributed by atoms with Crippen molar-refractivity contribution in [1.29, 1.82) is 0 Å². The molecule has 1 atom stereocenters. The lowest BCUT2D eigenvalue weighted by Gasteiger charge is -2.32. The highest BCUT2D eigenvalue weighted by Crippen LogP contribution is 2.20. The van der Waals surface area contributed by atoms with Crippen LogP contribution in [0.1, 0.15) is 20.8 Å². The zero-order valence-electron chi connectivity index (χ0n) is 9.62. The molecule has 0 saturated carbocycles. The molecule has 0 aliphatic heterocycles. The summed E-state index contributed by atoms with van der Waals surface area (Å²) in [6.45, 7) is 6.32. The van der Waals surface area contributed by atoms with E-state index in [0.717, 1.165) is 0 Å². The van der Waals surface area contributed by atoms with Crippen LogP contribution in [-0.2, 0) is 14.6 Å². The zero-order chi connectivity index (χ0) is 11.4. The number of hydrogen-bond acceptors (Lipinski definition) is 4. The highest BCUT2D eigenvalue weighted by molar-refractivity contribution is 7.92. The quantitative estimate of drug-likeness (QED) is 0.709. The average Bonchev–Trinajstić information content (AvgIpc) is 2.03. The molecule has 0 aromatic rings.